The molecule has 0 saturated heterocycles. The topological polar surface area (TPSA) is 26.3 Å². The number of carbonyl (C=O) groups is 1. The van der Waals surface area contributed by atoms with Gasteiger partial charge in [-0.1, -0.05) is 26.7 Å². The lowest BCUT2D eigenvalue weighted by Crippen LogP contribution is -2.21. The number of thioether (sulfide) groups is 1. The van der Waals surface area contributed by atoms with Crippen molar-refractivity contribution in [1.29, 1.82) is 0 Å². The van der Waals surface area contributed by atoms with Crippen LogP contribution in [0.25, 0.3) is 0 Å². The van der Waals surface area contributed by atoms with E-state index in [-0.39, 0.29) is 17.6 Å². The molecule has 0 amide bonds. The Bertz CT molecular complexity index is 245. The third-order valence-electron chi connectivity index (χ3n) is 2.45. The van der Waals surface area contributed by atoms with Gasteiger partial charge in [0.15, 0.2) is 0 Å². The van der Waals surface area contributed by atoms with E-state index < -0.39 is 12.6 Å². The van der Waals surface area contributed by atoms with E-state index in [9.17, 15) is 18.0 Å². The highest BCUT2D eigenvalue weighted by atomic mass is 32.2. The zero-order chi connectivity index (χ0) is 14.7. The van der Waals surface area contributed by atoms with Gasteiger partial charge in [0.05, 0.1) is 6.61 Å². The third-order valence-corrected chi connectivity index (χ3v) is 3.81. The summed E-state index contributed by atoms with van der Waals surface area (Å²) in [5, 5.41) is -0.320. The summed E-state index contributed by atoms with van der Waals surface area (Å²) in [5.74, 6) is 0.0575. The first kappa shape index (κ1) is 18.6. The molecule has 0 aromatic heterocycles. The monoisotopic (exact) mass is 300 g/mol. The van der Waals surface area contributed by atoms with Gasteiger partial charge in [-0.15, -0.1) is 11.8 Å². The molecular formula is C13H23F3O2S. The molecule has 0 aliphatic heterocycles. The third kappa shape index (κ3) is 11.2. The minimum absolute atomic E-state index is 0.0534. The van der Waals surface area contributed by atoms with Gasteiger partial charge in [-0.25, -0.2) is 0 Å². The van der Waals surface area contributed by atoms with Crippen LogP contribution < -0.4 is 0 Å². The molecule has 0 fully saturated rings. The Morgan fingerprint density at radius 1 is 1.21 bits per heavy atom. The summed E-state index contributed by atoms with van der Waals surface area (Å²) in [6.07, 6.45) is -1.57. The summed E-state index contributed by atoms with van der Waals surface area (Å²) in [5.41, 5.74) is 0. The Hall–Kier alpha value is -0.390. The second-order valence-electron chi connectivity index (χ2n) is 4.39. The van der Waals surface area contributed by atoms with Crippen LogP contribution in [0.3, 0.4) is 0 Å². The molecule has 6 heteroatoms. The molecule has 1 unspecified atom stereocenters. The molecule has 1 atom stereocenters. The number of hydrogen-bond acceptors (Lipinski definition) is 3. The van der Waals surface area contributed by atoms with Crippen molar-refractivity contribution < 1.29 is 22.7 Å². The molecule has 19 heavy (non-hydrogen) atoms. The quantitative estimate of drug-likeness (QED) is 0.436. The fourth-order valence-corrected chi connectivity index (χ4v) is 2.59. The summed E-state index contributed by atoms with van der Waals surface area (Å²) in [4.78, 5) is 11.7. The van der Waals surface area contributed by atoms with Crippen molar-refractivity contribution in [1.82, 2.24) is 0 Å². The standard InChI is InChI=1S/C13H23F3O2S/c1-3-5-7-11(12(17)18-9-4-2)19-10-6-8-13(14,15)16/h11H,3-10H2,1-2H3. The maximum Gasteiger partial charge on any atom is 0.389 e. The van der Waals surface area contributed by atoms with Gasteiger partial charge in [0.25, 0.3) is 0 Å². The Morgan fingerprint density at radius 3 is 2.42 bits per heavy atom. The number of unbranched alkanes of at least 4 members (excludes halogenated alkanes) is 1. The molecule has 0 aliphatic carbocycles. The lowest BCUT2D eigenvalue weighted by atomic mass is 10.2. The SMILES string of the molecule is CCCCC(SCCCC(F)(F)F)C(=O)OCCC. The van der Waals surface area contributed by atoms with E-state index in [2.05, 4.69) is 0 Å². The van der Waals surface area contributed by atoms with Crippen LogP contribution in [-0.4, -0.2) is 29.8 Å². The highest BCUT2D eigenvalue weighted by Gasteiger charge is 2.27. The average molecular weight is 300 g/mol. The largest absolute Gasteiger partial charge is 0.465 e. The second-order valence-corrected chi connectivity index (χ2v) is 5.70. The molecule has 0 heterocycles. The van der Waals surface area contributed by atoms with E-state index in [4.69, 9.17) is 4.74 Å². The van der Waals surface area contributed by atoms with E-state index in [0.717, 1.165) is 19.3 Å². The molecule has 0 bridgehead atoms. The molecule has 0 aromatic carbocycles. The average Bonchev–Trinajstić information content (AvgIpc) is 2.33. The van der Waals surface area contributed by atoms with Crippen molar-refractivity contribution >= 4 is 17.7 Å². The highest BCUT2D eigenvalue weighted by Crippen LogP contribution is 2.25. The van der Waals surface area contributed by atoms with Crippen molar-refractivity contribution in [2.75, 3.05) is 12.4 Å². The van der Waals surface area contributed by atoms with Crippen LogP contribution >= 0.6 is 11.8 Å². The number of hydrogen-bond donors (Lipinski definition) is 0. The van der Waals surface area contributed by atoms with Gasteiger partial charge in [-0.05, 0) is 25.0 Å². The van der Waals surface area contributed by atoms with E-state index in [0.29, 0.717) is 18.8 Å². The van der Waals surface area contributed by atoms with Crippen LogP contribution in [0.15, 0.2) is 0 Å². The van der Waals surface area contributed by atoms with Gasteiger partial charge in [0, 0.05) is 6.42 Å². The van der Waals surface area contributed by atoms with Crippen LogP contribution in [0.5, 0.6) is 0 Å². The van der Waals surface area contributed by atoms with Crippen LogP contribution in [0.1, 0.15) is 52.4 Å². The van der Waals surface area contributed by atoms with Gasteiger partial charge in [0.1, 0.15) is 5.25 Å². The number of carbonyl (C=O) groups excluding carboxylic acids is 1. The Morgan fingerprint density at radius 2 is 1.89 bits per heavy atom. The van der Waals surface area contributed by atoms with Crippen molar-refractivity contribution in [2.24, 2.45) is 0 Å². The van der Waals surface area contributed by atoms with Gasteiger partial charge < -0.3 is 4.74 Å². The van der Waals surface area contributed by atoms with E-state index in [1.165, 1.54) is 11.8 Å². The van der Waals surface area contributed by atoms with Gasteiger partial charge in [-0.3, -0.25) is 4.79 Å². The number of alkyl halides is 3. The molecule has 114 valence electrons. The predicted molar refractivity (Wildman–Crippen MR) is 72.3 cm³/mol. The molecule has 0 spiro atoms. The van der Waals surface area contributed by atoms with E-state index >= 15 is 0 Å². The lowest BCUT2D eigenvalue weighted by Gasteiger charge is -2.15. The molecule has 0 rings (SSSR count). The summed E-state index contributed by atoms with van der Waals surface area (Å²) >= 11 is 1.29. The molecule has 0 aliphatic rings. The predicted octanol–water partition coefficient (Wildman–Crippen LogP) is 4.57. The van der Waals surface area contributed by atoms with Gasteiger partial charge in [0.2, 0.25) is 0 Å². The number of esters is 1. The highest BCUT2D eigenvalue weighted by molar-refractivity contribution is 8.00. The van der Waals surface area contributed by atoms with Crippen LogP contribution in [0.2, 0.25) is 0 Å². The molecule has 0 saturated carbocycles. The van der Waals surface area contributed by atoms with Crippen LogP contribution in [0, 0.1) is 0 Å². The summed E-state index contributed by atoms with van der Waals surface area (Å²) < 4.78 is 41.1. The fraction of sp³-hybridized carbons (Fsp3) is 0.923. The maximum atomic E-state index is 12.0. The van der Waals surface area contributed by atoms with Crippen molar-refractivity contribution in [2.45, 2.75) is 63.8 Å². The molecule has 2 nitrogen and oxygen atoms in total. The van der Waals surface area contributed by atoms with Crippen molar-refractivity contribution in [3.63, 3.8) is 0 Å². The van der Waals surface area contributed by atoms with Crippen LogP contribution in [-0.2, 0) is 9.53 Å². The van der Waals surface area contributed by atoms with Crippen molar-refractivity contribution in [3.8, 4) is 0 Å². The van der Waals surface area contributed by atoms with E-state index in [1.807, 2.05) is 13.8 Å². The van der Waals surface area contributed by atoms with Crippen LogP contribution in [0.4, 0.5) is 13.2 Å². The number of ether oxygens (including phenoxy) is 1. The zero-order valence-electron chi connectivity index (χ0n) is 11.6. The Balaban J connectivity index is 4.01. The number of rotatable bonds is 10. The molecule has 0 radical (unpaired) electrons. The maximum absolute atomic E-state index is 12.0. The fourth-order valence-electron chi connectivity index (χ4n) is 1.45. The molecular weight excluding hydrogens is 277 g/mol. The summed E-state index contributed by atoms with van der Waals surface area (Å²) in [6.45, 7) is 4.30. The Labute approximate surface area is 117 Å². The van der Waals surface area contributed by atoms with Crippen molar-refractivity contribution in [3.05, 3.63) is 0 Å². The molecule has 0 aromatic rings. The lowest BCUT2D eigenvalue weighted by molar-refractivity contribution is -0.143. The number of halogens is 3. The molecule has 0 N–H and O–H groups in total. The Kier molecular flexibility index (Phi) is 10.2. The first-order valence-electron chi connectivity index (χ1n) is 6.75. The van der Waals surface area contributed by atoms with Gasteiger partial charge >= 0.3 is 12.1 Å². The minimum atomic E-state index is -4.11. The minimum Gasteiger partial charge on any atom is -0.465 e. The first-order valence-corrected chi connectivity index (χ1v) is 7.80. The smallest absolute Gasteiger partial charge is 0.389 e. The van der Waals surface area contributed by atoms with Gasteiger partial charge in [-0.2, -0.15) is 13.2 Å². The second kappa shape index (κ2) is 10.4. The normalized spacial score (nSPS) is 13.3. The zero-order valence-corrected chi connectivity index (χ0v) is 12.4. The first-order chi connectivity index (χ1) is 8.90. The summed E-state index contributed by atoms with van der Waals surface area (Å²) in [6, 6.07) is 0. The van der Waals surface area contributed by atoms with E-state index in [1.54, 1.807) is 0 Å². The summed E-state index contributed by atoms with van der Waals surface area (Å²) in [7, 11) is 0.